The number of fused-ring (bicyclic) bond motifs is 2. The molecule has 0 radical (unpaired) electrons. The van der Waals surface area contributed by atoms with Gasteiger partial charge in [0.2, 0.25) is 0 Å². The minimum atomic E-state index is -0.489. The molecular weight excluding hydrogens is 406 g/mol. The topological polar surface area (TPSA) is 85.3 Å². The van der Waals surface area contributed by atoms with E-state index in [1.165, 1.54) is 0 Å². The number of rotatable bonds is 3. The van der Waals surface area contributed by atoms with Crippen LogP contribution < -0.4 is 15.4 Å². The van der Waals surface area contributed by atoms with Crippen molar-refractivity contribution in [2.24, 2.45) is 0 Å². The Morgan fingerprint density at radius 2 is 1.88 bits per heavy atom. The molecule has 0 spiro atoms. The maximum Gasteiger partial charge on any atom is 0.267 e. The Labute approximate surface area is 187 Å². The average molecular weight is 436 g/mol. The molecule has 3 unspecified atom stereocenters. The smallest absolute Gasteiger partial charge is 0.267 e. The Balaban J connectivity index is 1.60. The van der Waals surface area contributed by atoms with Crippen LogP contribution in [0.4, 0.5) is 11.4 Å². The summed E-state index contributed by atoms with van der Waals surface area (Å²) in [5.41, 5.74) is 11.3. The van der Waals surface area contributed by atoms with Crippen LogP contribution in [0.15, 0.2) is 36.5 Å². The number of nitrogens with zero attached hydrogens (tertiary/aromatic N) is 4. The number of nitrogens with two attached hydrogens (primary N) is 1. The quantitative estimate of drug-likeness (QED) is 0.681. The van der Waals surface area contributed by atoms with Crippen molar-refractivity contribution < 1.29 is 14.3 Å². The lowest BCUT2D eigenvalue weighted by Gasteiger charge is -2.35. The SMILES string of the molecule is CC1CN(Cc2c(-c3ccc4c(c3)N(C)C(=O)C(C)O4)nc3ccc(N)cn23)CC(C)O1. The maximum absolute atomic E-state index is 12.5. The fourth-order valence-electron chi connectivity index (χ4n) is 4.78. The summed E-state index contributed by atoms with van der Waals surface area (Å²) in [4.78, 5) is 21.4. The van der Waals surface area contributed by atoms with Gasteiger partial charge in [0.05, 0.1) is 29.3 Å². The van der Waals surface area contributed by atoms with Gasteiger partial charge < -0.3 is 24.5 Å². The van der Waals surface area contributed by atoms with Gasteiger partial charge in [-0.25, -0.2) is 4.98 Å². The van der Waals surface area contributed by atoms with Gasteiger partial charge in [0.15, 0.2) is 6.10 Å². The third kappa shape index (κ3) is 3.59. The van der Waals surface area contributed by atoms with Crippen LogP contribution >= 0.6 is 0 Å². The van der Waals surface area contributed by atoms with Gasteiger partial charge >= 0.3 is 0 Å². The number of hydrogen-bond acceptors (Lipinski definition) is 6. The van der Waals surface area contributed by atoms with Gasteiger partial charge in [-0.1, -0.05) is 0 Å². The number of anilines is 2. The average Bonchev–Trinajstić information content (AvgIpc) is 3.09. The second kappa shape index (κ2) is 7.79. The van der Waals surface area contributed by atoms with Crippen LogP contribution in [-0.4, -0.2) is 58.6 Å². The van der Waals surface area contributed by atoms with Crippen molar-refractivity contribution >= 4 is 22.9 Å². The summed E-state index contributed by atoms with van der Waals surface area (Å²) in [5, 5.41) is 0. The van der Waals surface area contributed by atoms with E-state index in [1.807, 2.05) is 36.5 Å². The first-order valence-electron chi connectivity index (χ1n) is 11.0. The molecule has 168 valence electrons. The number of benzene rings is 1. The number of hydrogen-bond donors (Lipinski definition) is 1. The number of pyridine rings is 1. The van der Waals surface area contributed by atoms with Crippen LogP contribution in [0.25, 0.3) is 16.9 Å². The fraction of sp³-hybridized carbons (Fsp3) is 0.417. The van der Waals surface area contributed by atoms with Crippen molar-refractivity contribution in [3.63, 3.8) is 0 Å². The molecule has 1 amide bonds. The molecule has 1 aromatic carbocycles. The first kappa shape index (κ1) is 20.8. The Hall–Kier alpha value is -3.10. The maximum atomic E-state index is 12.5. The third-order valence-electron chi connectivity index (χ3n) is 6.18. The normalized spacial score (nSPS) is 23.9. The van der Waals surface area contributed by atoms with E-state index in [1.54, 1.807) is 18.9 Å². The second-order valence-corrected chi connectivity index (χ2v) is 8.89. The minimum absolute atomic E-state index is 0.0612. The summed E-state index contributed by atoms with van der Waals surface area (Å²) in [6.45, 7) is 8.40. The molecular formula is C24H29N5O3. The van der Waals surface area contributed by atoms with E-state index in [2.05, 4.69) is 23.1 Å². The van der Waals surface area contributed by atoms with Crippen molar-refractivity contribution in [2.75, 3.05) is 30.8 Å². The molecule has 8 nitrogen and oxygen atoms in total. The Kier molecular flexibility index (Phi) is 5.06. The number of likely N-dealkylation sites (N-methyl/N-ethyl adjacent to an activating group) is 1. The van der Waals surface area contributed by atoms with E-state index in [9.17, 15) is 4.79 Å². The highest BCUT2D eigenvalue weighted by Crippen LogP contribution is 2.38. The molecule has 5 rings (SSSR count). The first-order chi connectivity index (χ1) is 15.3. The number of amides is 1. The summed E-state index contributed by atoms with van der Waals surface area (Å²) in [6.07, 6.45) is 1.79. The van der Waals surface area contributed by atoms with Crippen LogP contribution in [0.1, 0.15) is 26.5 Å². The van der Waals surface area contributed by atoms with E-state index >= 15 is 0 Å². The number of carbonyl (C=O) groups is 1. The van der Waals surface area contributed by atoms with Crippen molar-refractivity contribution in [3.05, 3.63) is 42.2 Å². The number of carbonyl (C=O) groups excluding carboxylic acids is 1. The van der Waals surface area contributed by atoms with Gasteiger partial charge in [0.25, 0.3) is 5.91 Å². The van der Waals surface area contributed by atoms with Gasteiger partial charge in [-0.05, 0) is 51.1 Å². The van der Waals surface area contributed by atoms with E-state index in [-0.39, 0.29) is 18.1 Å². The predicted molar refractivity (Wildman–Crippen MR) is 124 cm³/mol. The molecule has 0 saturated carbocycles. The minimum Gasteiger partial charge on any atom is -0.479 e. The molecule has 2 aromatic heterocycles. The second-order valence-electron chi connectivity index (χ2n) is 8.89. The zero-order valence-electron chi connectivity index (χ0n) is 18.9. The third-order valence-corrected chi connectivity index (χ3v) is 6.18. The lowest BCUT2D eigenvalue weighted by molar-refractivity contribution is -0.125. The number of nitrogen functional groups attached to an aromatic ring is 1. The van der Waals surface area contributed by atoms with Gasteiger partial charge in [-0.3, -0.25) is 9.69 Å². The van der Waals surface area contributed by atoms with Gasteiger partial charge in [0.1, 0.15) is 11.4 Å². The molecule has 2 aliphatic heterocycles. The molecule has 0 aliphatic carbocycles. The molecule has 3 atom stereocenters. The van der Waals surface area contributed by atoms with Gasteiger partial charge in [-0.15, -0.1) is 0 Å². The van der Waals surface area contributed by atoms with Crippen LogP contribution in [0.3, 0.4) is 0 Å². The molecule has 8 heteroatoms. The zero-order valence-corrected chi connectivity index (χ0v) is 18.9. The summed E-state index contributed by atoms with van der Waals surface area (Å²) < 4.78 is 13.8. The summed E-state index contributed by atoms with van der Waals surface area (Å²) in [5.74, 6) is 0.641. The lowest BCUT2D eigenvalue weighted by Crippen LogP contribution is -2.45. The monoisotopic (exact) mass is 435 g/mol. The molecule has 32 heavy (non-hydrogen) atoms. The lowest BCUT2D eigenvalue weighted by atomic mass is 10.1. The molecule has 0 bridgehead atoms. The van der Waals surface area contributed by atoms with E-state index < -0.39 is 6.10 Å². The van der Waals surface area contributed by atoms with Gasteiger partial charge in [0, 0.05) is 44.1 Å². The fourth-order valence-corrected chi connectivity index (χ4v) is 4.78. The Morgan fingerprint density at radius 3 is 2.62 bits per heavy atom. The van der Waals surface area contributed by atoms with Crippen LogP contribution in [-0.2, 0) is 16.1 Å². The number of morpholine rings is 1. The van der Waals surface area contributed by atoms with Crippen molar-refractivity contribution in [2.45, 2.75) is 45.6 Å². The molecule has 1 saturated heterocycles. The van der Waals surface area contributed by atoms with E-state index in [4.69, 9.17) is 20.2 Å². The van der Waals surface area contributed by atoms with Crippen molar-refractivity contribution in [1.82, 2.24) is 14.3 Å². The number of aromatic nitrogens is 2. The molecule has 1 fully saturated rings. The summed E-state index contributed by atoms with van der Waals surface area (Å²) >= 11 is 0. The first-order valence-corrected chi connectivity index (χ1v) is 11.0. The zero-order chi connectivity index (χ0) is 22.6. The number of ether oxygens (including phenoxy) is 2. The van der Waals surface area contributed by atoms with Crippen LogP contribution in [0.5, 0.6) is 5.75 Å². The summed E-state index contributed by atoms with van der Waals surface area (Å²) in [6, 6.07) is 9.72. The van der Waals surface area contributed by atoms with Gasteiger partial charge in [-0.2, -0.15) is 0 Å². The highest BCUT2D eigenvalue weighted by molar-refractivity contribution is 6.00. The highest BCUT2D eigenvalue weighted by Gasteiger charge is 2.30. The predicted octanol–water partition coefficient (Wildman–Crippen LogP) is 2.94. The van der Waals surface area contributed by atoms with E-state index in [0.29, 0.717) is 11.4 Å². The Morgan fingerprint density at radius 1 is 1.12 bits per heavy atom. The van der Waals surface area contributed by atoms with Crippen LogP contribution in [0, 0.1) is 0 Å². The standard InChI is InChI=1S/C24H29N5O3/c1-14-10-28(11-15(2)31-14)13-20-23(26-22-8-6-18(25)12-29(20)22)17-5-7-21-19(9-17)27(4)24(30)16(3)32-21/h5-9,12,14-16H,10-11,13,25H2,1-4H3. The molecule has 2 aliphatic rings. The molecule has 3 aromatic rings. The molecule has 4 heterocycles. The van der Waals surface area contributed by atoms with Crippen molar-refractivity contribution in [3.8, 4) is 17.0 Å². The summed E-state index contributed by atoms with van der Waals surface area (Å²) in [7, 11) is 1.78. The van der Waals surface area contributed by atoms with Crippen molar-refractivity contribution in [1.29, 1.82) is 0 Å². The molecule has 2 N–H and O–H groups in total. The number of imidazole rings is 1. The van der Waals surface area contributed by atoms with E-state index in [0.717, 1.165) is 47.9 Å². The Bertz CT molecular complexity index is 1180. The van der Waals surface area contributed by atoms with Crippen LogP contribution in [0.2, 0.25) is 0 Å². The largest absolute Gasteiger partial charge is 0.479 e. The highest BCUT2D eigenvalue weighted by atomic mass is 16.5.